The molecule has 0 bridgehead atoms. The first-order valence-corrected chi connectivity index (χ1v) is 8.80. The highest BCUT2D eigenvalue weighted by molar-refractivity contribution is 7.89. The molecule has 3 N–H and O–H groups in total. The molecule has 0 spiro atoms. The van der Waals surface area contributed by atoms with E-state index >= 15 is 0 Å². The van der Waals surface area contributed by atoms with Crippen LogP contribution in [0.3, 0.4) is 0 Å². The van der Waals surface area contributed by atoms with Crippen molar-refractivity contribution in [2.24, 2.45) is 0 Å². The Kier molecular flexibility index (Phi) is 7.49. The van der Waals surface area contributed by atoms with Crippen molar-refractivity contribution in [3.05, 3.63) is 24.3 Å². The lowest BCUT2D eigenvalue weighted by Gasteiger charge is -2.18. The normalized spacial score (nSPS) is 11.8. The van der Waals surface area contributed by atoms with Gasteiger partial charge in [-0.15, -0.1) is 0 Å². The average molecular weight is 315 g/mol. The van der Waals surface area contributed by atoms with Crippen molar-refractivity contribution < 1.29 is 13.2 Å². The van der Waals surface area contributed by atoms with E-state index in [0.29, 0.717) is 24.5 Å². The first-order valence-electron chi connectivity index (χ1n) is 7.15. The van der Waals surface area contributed by atoms with Crippen molar-refractivity contribution in [3.63, 3.8) is 0 Å². The molecule has 0 heterocycles. The fourth-order valence-corrected chi connectivity index (χ4v) is 2.65. The number of nitrogens with one attached hydrogen (secondary N) is 1. The number of anilines is 1. The van der Waals surface area contributed by atoms with Crippen molar-refractivity contribution in [1.82, 2.24) is 9.62 Å². The molecule has 0 saturated carbocycles. The van der Waals surface area contributed by atoms with Gasteiger partial charge < -0.3 is 15.4 Å². The van der Waals surface area contributed by atoms with Crippen LogP contribution in [0.5, 0.6) is 5.75 Å². The number of ether oxygens (including phenoxy) is 1. The molecule has 0 aliphatic rings. The number of hydrogen-bond donors (Lipinski definition) is 2. The number of nitrogens with zero attached hydrogens (tertiary/aromatic N) is 1. The molecule has 0 aromatic heterocycles. The van der Waals surface area contributed by atoms with Crippen LogP contribution in [0.4, 0.5) is 5.69 Å². The van der Waals surface area contributed by atoms with Crippen LogP contribution in [-0.2, 0) is 10.0 Å². The zero-order valence-corrected chi connectivity index (χ0v) is 13.5. The lowest BCUT2D eigenvalue weighted by atomic mass is 10.3. The lowest BCUT2D eigenvalue weighted by molar-refractivity contribution is 0.308. The molecule has 1 aromatic rings. The van der Waals surface area contributed by atoms with E-state index in [9.17, 15) is 8.42 Å². The Morgan fingerprint density at radius 2 is 1.81 bits per heavy atom. The maximum absolute atomic E-state index is 11.8. The monoisotopic (exact) mass is 315 g/mol. The summed E-state index contributed by atoms with van der Waals surface area (Å²) in [7, 11) is -3.30. The van der Waals surface area contributed by atoms with Crippen LogP contribution in [0, 0.1) is 0 Å². The van der Waals surface area contributed by atoms with E-state index in [1.165, 1.54) is 0 Å². The number of likely N-dealkylation sites (N-methyl/N-ethyl adjacent to an activating group) is 1. The van der Waals surface area contributed by atoms with Gasteiger partial charge in [0.15, 0.2) is 0 Å². The van der Waals surface area contributed by atoms with Gasteiger partial charge in [0.2, 0.25) is 10.0 Å². The van der Waals surface area contributed by atoms with E-state index in [1.807, 2.05) is 0 Å². The molecule has 0 aliphatic heterocycles. The summed E-state index contributed by atoms with van der Waals surface area (Å²) in [5, 5.41) is 0. The summed E-state index contributed by atoms with van der Waals surface area (Å²) in [5.74, 6) is 0.554. The molecule has 120 valence electrons. The van der Waals surface area contributed by atoms with Crippen LogP contribution < -0.4 is 15.2 Å². The fraction of sp³-hybridized carbons (Fsp3) is 0.571. The maximum Gasteiger partial charge on any atom is 0.214 e. The van der Waals surface area contributed by atoms with Crippen molar-refractivity contribution in [2.75, 3.05) is 44.3 Å². The Labute approximate surface area is 127 Å². The van der Waals surface area contributed by atoms with Gasteiger partial charge >= 0.3 is 0 Å². The van der Waals surface area contributed by atoms with Gasteiger partial charge in [0.1, 0.15) is 12.4 Å². The highest BCUT2D eigenvalue weighted by atomic mass is 32.2. The second-order valence-electron chi connectivity index (χ2n) is 4.66. The molecule has 0 aliphatic carbocycles. The standard InChI is InChI=1S/C14H25N3O3S/c1-3-17(4-2)10-9-16-21(18,19)12-11-20-14-7-5-13(15)6-8-14/h5-8,16H,3-4,9-12,15H2,1-2H3. The smallest absolute Gasteiger partial charge is 0.214 e. The Bertz CT molecular complexity index is 499. The Balaban J connectivity index is 2.28. The summed E-state index contributed by atoms with van der Waals surface area (Å²) in [6.45, 7) is 7.19. The Morgan fingerprint density at radius 3 is 2.38 bits per heavy atom. The predicted octanol–water partition coefficient (Wildman–Crippen LogP) is 0.909. The van der Waals surface area contributed by atoms with E-state index in [0.717, 1.165) is 13.1 Å². The van der Waals surface area contributed by atoms with E-state index in [-0.39, 0.29) is 12.4 Å². The zero-order valence-electron chi connectivity index (χ0n) is 12.7. The summed E-state index contributed by atoms with van der Waals surface area (Å²) in [5.41, 5.74) is 6.21. The molecule has 0 fully saturated rings. The van der Waals surface area contributed by atoms with Crippen LogP contribution in [0.15, 0.2) is 24.3 Å². The van der Waals surface area contributed by atoms with Crippen LogP contribution in [0.25, 0.3) is 0 Å². The highest BCUT2D eigenvalue weighted by Crippen LogP contribution is 2.12. The first kappa shape index (κ1) is 17.7. The summed E-state index contributed by atoms with van der Waals surface area (Å²) in [6.07, 6.45) is 0. The minimum absolute atomic E-state index is 0.0599. The van der Waals surface area contributed by atoms with Gasteiger partial charge in [0.25, 0.3) is 0 Å². The summed E-state index contributed by atoms with van der Waals surface area (Å²) < 4.78 is 31.6. The Morgan fingerprint density at radius 1 is 1.19 bits per heavy atom. The van der Waals surface area contributed by atoms with Gasteiger partial charge in [-0.25, -0.2) is 13.1 Å². The van der Waals surface area contributed by atoms with Gasteiger partial charge in [0.05, 0.1) is 5.75 Å². The van der Waals surface area contributed by atoms with Crippen LogP contribution >= 0.6 is 0 Å². The van der Waals surface area contributed by atoms with Crippen LogP contribution in [-0.4, -0.2) is 51.9 Å². The molecule has 0 amide bonds. The van der Waals surface area contributed by atoms with Crippen molar-refractivity contribution >= 4 is 15.7 Å². The average Bonchev–Trinajstić information content (AvgIpc) is 2.45. The molecule has 7 heteroatoms. The lowest BCUT2D eigenvalue weighted by Crippen LogP contribution is -2.36. The quantitative estimate of drug-likeness (QED) is 0.627. The third-order valence-corrected chi connectivity index (χ3v) is 4.49. The molecule has 0 saturated heterocycles. The van der Waals surface area contributed by atoms with Crippen molar-refractivity contribution in [1.29, 1.82) is 0 Å². The van der Waals surface area contributed by atoms with E-state index in [4.69, 9.17) is 10.5 Å². The number of sulfonamides is 1. The molecule has 1 aromatic carbocycles. The zero-order chi connectivity index (χ0) is 15.7. The minimum Gasteiger partial charge on any atom is -0.492 e. The molecular weight excluding hydrogens is 290 g/mol. The van der Waals surface area contributed by atoms with Gasteiger partial charge in [-0.1, -0.05) is 13.8 Å². The van der Waals surface area contributed by atoms with E-state index in [2.05, 4.69) is 23.5 Å². The van der Waals surface area contributed by atoms with Gasteiger partial charge in [0, 0.05) is 18.8 Å². The minimum atomic E-state index is -3.30. The second kappa shape index (κ2) is 8.86. The van der Waals surface area contributed by atoms with Gasteiger partial charge in [-0.05, 0) is 37.4 Å². The van der Waals surface area contributed by atoms with Gasteiger partial charge in [-0.2, -0.15) is 0 Å². The SMILES string of the molecule is CCN(CC)CCNS(=O)(=O)CCOc1ccc(N)cc1. The van der Waals surface area contributed by atoms with E-state index < -0.39 is 10.0 Å². The summed E-state index contributed by atoms with van der Waals surface area (Å²) in [6, 6.07) is 6.86. The molecule has 1 rings (SSSR count). The Hall–Kier alpha value is -1.31. The van der Waals surface area contributed by atoms with Crippen molar-refractivity contribution in [3.8, 4) is 5.75 Å². The predicted molar refractivity (Wildman–Crippen MR) is 85.9 cm³/mol. The number of hydrogen-bond acceptors (Lipinski definition) is 5. The van der Waals surface area contributed by atoms with Crippen LogP contribution in [0.2, 0.25) is 0 Å². The van der Waals surface area contributed by atoms with Crippen molar-refractivity contribution in [2.45, 2.75) is 13.8 Å². The molecule has 6 nitrogen and oxygen atoms in total. The molecule has 0 atom stereocenters. The third-order valence-electron chi connectivity index (χ3n) is 3.15. The second-order valence-corrected chi connectivity index (χ2v) is 6.58. The third kappa shape index (κ3) is 7.31. The van der Waals surface area contributed by atoms with Crippen LogP contribution in [0.1, 0.15) is 13.8 Å². The van der Waals surface area contributed by atoms with Gasteiger partial charge in [-0.3, -0.25) is 0 Å². The highest BCUT2D eigenvalue weighted by Gasteiger charge is 2.10. The molecule has 0 unspecified atom stereocenters. The summed E-state index contributed by atoms with van der Waals surface area (Å²) >= 11 is 0. The topological polar surface area (TPSA) is 84.7 Å². The number of nitrogen functional groups attached to an aromatic ring is 1. The number of rotatable bonds is 10. The largest absolute Gasteiger partial charge is 0.492 e. The number of benzene rings is 1. The fourth-order valence-electron chi connectivity index (χ4n) is 1.80. The maximum atomic E-state index is 11.8. The summed E-state index contributed by atoms with van der Waals surface area (Å²) in [4.78, 5) is 2.16. The molecule has 21 heavy (non-hydrogen) atoms. The number of nitrogens with two attached hydrogens (primary N) is 1. The molecular formula is C14H25N3O3S. The van der Waals surface area contributed by atoms with E-state index in [1.54, 1.807) is 24.3 Å². The first-order chi connectivity index (χ1) is 9.96. The molecule has 0 radical (unpaired) electrons.